The van der Waals surface area contributed by atoms with Crippen LogP contribution in [-0.2, 0) is 18.4 Å². The summed E-state index contributed by atoms with van der Waals surface area (Å²) in [7, 11) is -2.20. The molecule has 7 heteroatoms. The smallest absolute Gasteiger partial charge is 0.345 e. The number of aromatic hydroxyl groups is 1. The predicted molar refractivity (Wildman–Crippen MR) is 74.3 cm³/mol. The van der Waals surface area contributed by atoms with Crippen LogP contribution in [0.1, 0.15) is 25.1 Å². The van der Waals surface area contributed by atoms with Gasteiger partial charge in [-0.25, -0.2) is 0 Å². The quantitative estimate of drug-likeness (QED) is 0.587. The molecular weight excluding hydrogens is 283 g/mol. The molecule has 0 spiro atoms. The first kappa shape index (κ1) is 16.7. The Morgan fingerprint density at radius 3 is 2.30 bits per heavy atom. The van der Waals surface area contributed by atoms with Crippen LogP contribution in [0.15, 0.2) is 18.2 Å². The molecule has 0 aliphatic heterocycles. The summed E-state index contributed by atoms with van der Waals surface area (Å²) in [5.74, 6) is 0.123. The molecule has 0 radical (unpaired) electrons. The second-order valence-electron chi connectivity index (χ2n) is 3.89. The number of carbonyl (C=O) groups is 1. The molecule has 0 saturated carbocycles. The van der Waals surface area contributed by atoms with Crippen LogP contribution in [0.4, 0.5) is 0 Å². The van der Waals surface area contributed by atoms with E-state index in [9.17, 15) is 14.5 Å². The Bertz CT molecular complexity index is 492. The first-order chi connectivity index (χ1) is 9.52. The molecule has 6 nitrogen and oxygen atoms in total. The lowest BCUT2D eigenvalue weighted by molar-refractivity contribution is -0.108. The predicted octanol–water partition coefficient (Wildman–Crippen LogP) is 2.91. The molecular formula is C13H19O6P. The van der Waals surface area contributed by atoms with Crippen molar-refractivity contribution in [2.45, 2.75) is 19.5 Å². The van der Waals surface area contributed by atoms with E-state index in [-0.39, 0.29) is 24.7 Å². The number of aldehydes is 1. The topological polar surface area (TPSA) is 82.1 Å². The summed E-state index contributed by atoms with van der Waals surface area (Å²) in [6.45, 7) is 3.64. The number of benzene rings is 1. The van der Waals surface area contributed by atoms with Crippen molar-refractivity contribution in [3.05, 3.63) is 23.8 Å². The van der Waals surface area contributed by atoms with Gasteiger partial charge < -0.3 is 23.7 Å². The van der Waals surface area contributed by atoms with Gasteiger partial charge in [0.05, 0.1) is 20.3 Å². The van der Waals surface area contributed by atoms with Crippen LogP contribution < -0.4 is 4.74 Å². The summed E-state index contributed by atoms with van der Waals surface area (Å²) in [6.07, 6.45) is 0.507. The summed E-state index contributed by atoms with van der Waals surface area (Å²) in [5.41, 5.74) is -0.734. The summed E-state index contributed by atoms with van der Waals surface area (Å²) >= 11 is 0. The van der Waals surface area contributed by atoms with Crippen LogP contribution in [0, 0.1) is 0 Å². The van der Waals surface area contributed by atoms with E-state index in [4.69, 9.17) is 13.8 Å². The Kier molecular flexibility index (Phi) is 6.20. The SMILES string of the molecule is CCOP(=O)(OCC)C(C=O)c1ccc(OC)c(O)c1. The number of hydrogen-bond donors (Lipinski definition) is 1. The summed E-state index contributed by atoms with van der Waals surface area (Å²) in [5, 5.41) is 9.75. The Hall–Kier alpha value is -1.36. The second kappa shape index (κ2) is 7.43. The number of hydrogen-bond acceptors (Lipinski definition) is 6. The maximum Gasteiger partial charge on any atom is 0.345 e. The minimum atomic E-state index is -3.61. The van der Waals surface area contributed by atoms with Gasteiger partial charge in [0.15, 0.2) is 11.5 Å². The lowest BCUT2D eigenvalue weighted by Crippen LogP contribution is -2.08. The van der Waals surface area contributed by atoms with Gasteiger partial charge in [0.2, 0.25) is 0 Å². The van der Waals surface area contributed by atoms with Gasteiger partial charge in [-0.1, -0.05) is 6.07 Å². The van der Waals surface area contributed by atoms with Crippen LogP contribution in [0.2, 0.25) is 0 Å². The number of rotatable bonds is 8. The van der Waals surface area contributed by atoms with Crippen molar-refractivity contribution in [1.82, 2.24) is 0 Å². The summed E-state index contributed by atoms with van der Waals surface area (Å²) < 4.78 is 27.9. The molecule has 1 N–H and O–H groups in total. The molecule has 0 heterocycles. The molecule has 1 aromatic carbocycles. The number of methoxy groups -OCH3 is 1. The molecule has 0 aliphatic carbocycles. The average Bonchev–Trinajstić information content (AvgIpc) is 2.40. The maximum atomic E-state index is 12.6. The fourth-order valence-electron chi connectivity index (χ4n) is 1.78. The zero-order valence-corrected chi connectivity index (χ0v) is 12.6. The van der Waals surface area contributed by atoms with Gasteiger partial charge in [-0.05, 0) is 31.5 Å². The lowest BCUT2D eigenvalue weighted by atomic mass is 10.1. The molecule has 1 unspecified atom stereocenters. The third-order valence-electron chi connectivity index (χ3n) is 2.63. The van der Waals surface area contributed by atoms with Crippen molar-refractivity contribution in [2.24, 2.45) is 0 Å². The molecule has 0 aromatic heterocycles. The Morgan fingerprint density at radius 2 is 1.90 bits per heavy atom. The van der Waals surface area contributed by atoms with Gasteiger partial charge in [0.25, 0.3) is 0 Å². The monoisotopic (exact) mass is 302 g/mol. The van der Waals surface area contributed by atoms with E-state index in [1.807, 2.05) is 0 Å². The Balaban J connectivity index is 3.20. The fourth-order valence-corrected chi connectivity index (χ4v) is 3.57. The Morgan fingerprint density at radius 1 is 1.30 bits per heavy atom. The van der Waals surface area contributed by atoms with E-state index in [0.717, 1.165) is 0 Å². The third-order valence-corrected chi connectivity index (χ3v) is 4.97. The number of phenolic OH excluding ortho intramolecular Hbond substituents is 1. The molecule has 0 saturated heterocycles. The molecule has 0 amide bonds. The molecule has 1 aromatic rings. The van der Waals surface area contributed by atoms with E-state index >= 15 is 0 Å². The van der Waals surface area contributed by atoms with Crippen LogP contribution >= 0.6 is 7.60 Å². The van der Waals surface area contributed by atoms with E-state index in [1.165, 1.54) is 19.2 Å². The van der Waals surface area contributed by atoms with Crippen LogP contribution in [-0.4, -0.2) is 31.7 Å². The minimum Gasteiger partial charge on any atom is -0.504 e. The second-order valence-corrected chi connectivity index (χ2v) is 6.04. The number of carbonyl (C=O) groups excluding carboxylic acids is 1. The first-order valence-electron chi connectivity index (χ1n) is 6.23. The van der Waals surface area contributed by atoms with Gasteiger partial charge in [-0.15, -0.1) is 0 Å². The molecule has 1 rings (SSSR count). The molecule has 0 aliphatic rings. The Labute approximate surface area is 118 Å². The van der Waals surface area contributed by atoms with E-state index in [0.29, 0.717) is 11.8 Å². The highest BCUT2D eigenvalue weighted by molar-refractivity contribution is 7.55. The first-order valence-corrected chi connectivity index (χ1v) is 7.84. The number of ether oxygens (including phenoxy) is 1. The van der Waals surface area contributed by atoms with Crippen molar-refractivity contribution in [2.75, 3.05) is 20.3 Å². The van der Waals surface area contributed by atoms with Crippen molar-refractivity contribution < 1.29 is 28.3 Å². The largest absolute Gasteiger partial charge is 0.504 e. The van der Waals surface area contributed by atoms with Crippen LogP contribution in [0.25, 0.3) is 0 Å². The zero-order chi connectivity index (χ0) is 15.2. The minimum absolute atomic E-state index is 0.142. The zero-order valence-electron chi connectivity index (χ0n) is 11.7. The highest BCUT2D eigenvalue weighted by Crippen LogP contribution is 2.60. The van der Waals surface area contributed by atoms with Gasteiger partial charge >= 0.3 is 7.60 Å². The standard InChI is InChI=1S/C13H19O6P/c1-4-18-20(16,19-5-2)13(9-14)10-6-7-12(17-3)11(15)8-10/h6-9,13,15H,4-5H2,1-3H3. The average molecular weight is 302 g/mol. The molecule has 1 atom stereocenters. The summed E-state index contributed by atoms with van der Waals surface area (Å²) in [4.78, 5) is 11.3. The van der Waals surface area contributed by atoms with Gasteiger partial charge in [0, 0.05) is 0 Å². The van der Waals surface area contributed by atoms with Crippen molar-refractivity contribution in [1.29, 1.82) is 0 Å². The normalized spacial score (nSPS) is 12.9. The molecule has 20 heavy (non-hydrogen) atoms. The lowest BCUT2D eigenvalue weighted by Gasteiger charge is -2.22. The van der Waals surface area contributed by atoms with Crippen LogP contribution in [0.5, 0.6) is 11.5 Å². The molecule has 112 valence electrons. The summed E-state index contributed by atoms with van der Waals surface area (Å²) in [6, 6.07) is 4.36. The third kappa shape index (κ3) is 3.60. The highest BCUT2D eigenvalue weighted by atomic mass is 31.2. The molecule has 0 fully saturated rings. The van der Waals surface area contributed by atoms with E-state index in [2.05, 4.69) is 0 Å². The maximum absolute atomic E-state index is 12.6. The van der Waals surface area contributed by atoms with Crippen molar-refractivity contribution >= 4 is 13.9 Å². The number of phenols is 1. The highest BCUT2D eigenvalue weighted by Gasteiger charge is 2.37. The van der Waals surface area contributed by atoms with Crippen LogP contribution in [0.3, 0.4) is 0 Å². The van der Waals surface area contributed by atoms with Gasteiger partial charge in [0.1, 0.15) is 11.9 Å². The van der Waals surface area contributed by atoms with Gasteiger partial charge in [-0.3, -0.25) is 4.57 Å². The van der Waals surface area contributed by atoms with Crippen molar-refractivity contribution in [3.63, 3.8) is 0 Å². The van der Waals surface area contributed by atoms with Crippen molar-refractivity contribution in [3.8, 4) is 11.5 Å². The van der Waals surface area contributed by atoms with E-state index in [1.54, 1.807) is 19.9 Å². The van der Waals surface area contributed by atoms with Gasteiger partial charge in [-0.2, -0.15) is 0 Å². The fraction of sp³-hybridized carbons (Fsp3) is 0.462. The molecule has 0 bridgehead atoms. The van der Waals surface area contributed by atoms with E-state index < -0.39 is 13.3 Å².